The zero-order valence-electron chi connectivity index (χ0n) is 10.4. The fourth-order valence-corrected chi connectivity index (χ4v) is 3.30. The average molecular weight is 319 g/mol. The summed E-state index contributed by atoms with van der Waals surface area (Å²) in [5.74, 6) is -1.03. The van der Waals surface area contributed by atoms with Gasteiger partial charge in [-0.15, -0.1) is 0 Å². The molecule has 0 aliphatic rings. The zero-order valence-corrected chi connectivity index (χ0v) is 12.0. The molecule has 108 valence electrons. The summed E-state index contributed by atoms with van der Waals surface area (Å²) in [7, 11) is -4.09. The molecule has 0 amide bonds. The molecule has 1 atom stereocenters. The Morgan fingerprint density at radius 2 is 2.20 bits per heavy atom. The Hall–Kier alpha value is -1.64. The fourth-order valence-electron chi connectivity index (χ4n) is 1.64. The first-order chi connectivity index (χ1) is 9.31. The highest BCUT2D eigenvalue weighted by atomic mass is 35.5. The molecule has 1 aromatic carbocycles. The van der Waals surface area contributed by atoms with Crippen LogP contribution in [0.3, 0.4) is 0 Å². The SMILES string of the molecule is CC(NS(=O)(=O)c1cc(Cl)cc(N)c1F)c1cn[nH]c1. The summed E-state index contributed by atoms with van der Waals surface area (Å²) in [5.41, 5.74) is 5.67. The van der Waals surface area contributed by atoms with Crippen molar-refractivity contribution in [2.24, 2.45) is 0 Å². The number of H-pyrrole nitrogens is 1. The summed E-state index contributed by atoms with van der Waals surface area (Å²) in [6, 6.07) is 1.57. The molecular formula is C11H12ClFN4O2S. The summed E-state index contributed by atoms with van der Waals surface area (Å²) < 4.78 is 40.5. The van der Waals surface area contributed by atoms with E-state index in [9.17, 15) is 12.8 Å². The quantitative estimate of drug-likeness (QED) is 0.748. The van der Waals surface area contributed by atoms with Crippen LogP contribution in [0.5, 0.6) is 0 Å². The van der Waals surface area contributed by atoms with E-state index < -0.39 is 26.8 Å². The van der Waals surface area contributed by atoms with Crippen molar-refractivity contribution in [2.45, 2.75) is 17.9 Å². The van der Waals surface area contributed by atoms with Crippen LogP contribution in [0.2, 0.25) is 5.02 Å². The number of benzene rings is 1. The predicted molar refractivity (Wildman–Crippen MR) is 73.1 cm³/mol. The molecular weight excluding hydrogens is 307 g/mol. The van der Waals surface area contributed by atoms with Crippen LogP contribution in [0, 0.1) is 5.82 Å². The van der Waals surface area contributed by atoms with Gasteiger partial charge in [0.25, 0.3) is 0 Å². The Bertz CT molecular complexity index is 718. The first kappa shape index (κ1) is 14.8. The van der Waals surface area contributed by atoms with Crippen LogP contribution in [0.15, 0.2) is 29.4 Å². The largest absolute Gasteiger partial charge is 0.396 e. The molecule has 0 radical (unpaired) electrons. The second kappa shape index (κ2) is 5.39. The molecule has 4 N–H and O–H groups in total. The van der Waals surface area contributed by atoms with Crippen LogP contribution in [-0.2, 0) is 10.0 Å². The van der Waals surface area contributed by atoms with Crippen LogP contribution in [0.1, 0.15) is 18.5 Å². The Labute approximate surface area is 120 Å². The highest BCUT2D eigenvalue weighted by Gasteiger charge is 2.24. The van der Waals surface area contributed by atoms with E-state index in [1.807, 2.05) is 0 Å². The van der Waals surface area contributed by atoms with E-state index in [1.54, 1.807) is 6.92 Å². The lowest BCUT2D eigenvalue weighted by Crippen LogP contribution is -2.27. The van der Waals surface area contributed by atoms with Gasteiger partial charge >= 0.3 is 0 Å². The maximum absolute atomic E-state index is 13.8. The molecule has 0 aliphatic carbocycles. The maximum Gasteiger partial charge on any atom is 0.244 e. The molecule has 1 aromatic heterocycles. The number of halogens is 2. The predicted octanol–water partition coefficient (Wildman–Crippen LogP) is 1.82. The summed E-state index contributed by atoms with van der Waals surface area (Å²) in [4.78, 5) is -0.585. The molecule has 0 saturated carbocycles. The normalized spacial score (nSPS) is 13.3. The molecule has 9 heteroatoms. The van der Waals surface area contributed by atoms with Crippen LogP contribution in [-0.4, -0.2) is 18.6 Å². The van der Waals surface area contributed by atoms with Gasteiger partial charge in [0.15, 0.2) is 5.82 Å². The van der Waals surface area contributed by atoms with Gasteiger partial charge in [-0.1, -0.05) is 11.6 Å². The first-order valence-electron chi connectivity index (χ1n) is 5.57. The van der Waals surface area contributed by atoms with E-state index in [0.717, 1.165) is 12.1 Å². The summed E-state index contributed by atoms with van der Waals surface area (Å²) in [6.07, 6.45) is 3.01. The minimum Gasteiger partial charge on any atom is -0.396 e. The van der Waals surface area contributed by atoms with Crippen molar-refractivity contribution in [3.63, 3.8) is 0 Å². The standard InChI is InChI=1S/C11H12ClFN4O2S/c1-6(7-4-15-16-5-7)17-20(18,19)10-3-8(12)2-9(14)11(10)13/h2-6,17H,14H2,1H3,(H,15,16). The minimum atomic E-state index is -4.09. The molecule has 1 heterocycles. The smallest absolute Gasteiger partial charge is 0.244 e. The number of sulfonamides is 1. The van der Waals surface area contributed by atoms with E-state index in [-0.39, 0.29) is 10.7 Å². The average Bonchev–Trinajstić information content (AvgIpc) is 2.86. The van der Waals surface area contributed by atoms with Crippen LogP contribution >= 0.6 is 11.6 Å². The lowest BCUT2D eigenvalue weighted by Gasteiger charge is -2.14. The van der Waals surface area contributed by atoms with Crippen molar-refractivity contribution in [1.29, 1.82) is 0 Å². The third kappa shape index (κ3) is 2.92. The van der Waals surface area contributed by atoms with Gasteiger partial charge in [0.1, 0.15) is 4.90 Å². The van der Waals surface area contributed by atoms with Gasteiger partial charge in [-0.3, -0.25) is 5.10 Å². The summed E-state index contributed by atoms with van der Waals surface area (Å²) >= 11 is 5.71. The Morgan fingerprint density at radius 1 is 1.50 bits per heavy atom. The van der Waals surface area contributed by atoms with Gasteiger partial charge < -0.3 is 5.73 Å². The van der Waals surface area contributed by atoms with Gasteiger partial charge in [-0.25, -0.2) is 17.5 Å². The molecule has 0 fully saturated rings. The van der Waals surface area contributed by atoms with Crippen LogP contribution in [0.4, 0.5) is 10.1 Å². The Kier molecular flexibility index (Phi) is 3.98. The van der Waals surface area contributed by atoms with Gasteiger partial charge in [-0.2, -0.15) is 5.10 Å². The number of aromatic amines is 1. The number of hydrogen-bond acceptors (Lipinski definition) is 4. The Balaban J connectivity index is 2.36. The monoisotopic (exact) mass is 318 g/mol. The minimum absolute atomic E-state index is 0.0419. The molecule has 20 heavy (non-hydrogen) atoms. The molecule has 0 saturated heterocycles. The summed E-state index contributed by atoms with van der Waals surface area (Å²) in [5, 5.41) is 6.32. The molecule has 6 nitrogen and oxygen atoms in total. The van der Waals surface area contributed by atoms with E-state index in [0.29, 0.717) is 5.56 Å². The van der Waals surface area contributed by atoms with Gasteiger partial charge in [0, 0.05) is 22.8 Å². The third-order valence-corrected chi connectivity index (χ3v) is 4.43. The molecule has 0 aliphatic heterocycles. The maximum atomic E-state index is 13.8. The molecule has 2 aromatic rings. The number of nitrogens with one attached hydrogen (secondary N) is 2. The number of hydrogen-bond donors (Lipinski definition) is 3. The van der Waals surface area contributed by atoms with E-state index >= 15 is 0 Å². The van der Waals surface area contributed by atoms with Crippen molar-refractivity contribution in [3.05, 3.63) is 40.9 Å². The van der Waals surface area contributed by atoms with E-state index in [2.05, 4.69) is 14.9 Å². The lowest BCUT2D eigenvalue weighted by atomic mass is 10.2. The molecule has 2 rings (SSSR count). The van der Waals surface area contributed by atoms with E-state index in [4.69, 9.17) is 17.3 Å². The van der Waals surface area contributed by atoms with Crippen molar-refractivity contribution >= 4 is 27.3 Å². The Morgan fingerprint density at radius 3 is 2.80 bits per heavy atom. The number of nitrogen functional groups attached to an aromatic ring is 1. The van der Waals surface area contributed by atoms with Crippen LogP contribution < -0.4 is 10.5 Å². The number of nitrogens with zero attached hydrogens (tertiary/aromatic N) is 1. The van der Waals surface area contributed by atoms with Crippen molar-refractivity contribution in [3.8, 4) is 0 Å². The number of nitrogens with two attached hydrogens (primary N) is 1. The fraction of sp³-hybridized carbons (Fsp3) is 0.182. The highest BCUT2D eigenvalue weighted by molar-refractivity contribution is 7.89. The number of aromatic nitrogens is 2. The lowest BCUT2D eigenvalue weighted by molar-refractivity contribution is 0.548. The third-order valence-electron chi connectivity index (χ3n) is 2.67. The second-order valence-electron chi connectivity index (χ2n) is 4.18. The van der Waals surface area contributed by atoms with Gasteiger partial charge in [0.2, 0.25) is 10.0 Å². The molecule has 0 bridgehead atoms. The number of anilines is 1. The van der Waals surface area contributed by atoms with Crippen molar-refractivity contribution in [2.75, 3.05) is 5.73 Å². The van der Waals surface area contributed by atoms with Crippen molar-refractivity contribution < 1.29 is 12.8 Å². The topological polar surface area (TPSA) is 101 Å². The van der Waals surface area contributed by atoms with Crippen LogP contribution in [0.25, 0.3) is 0 Å². The number of rotatable bonds is 4. The second-order valence-corrected chi connectivity index (χ2v) is 6.30. The van der Waals surface area contributed by atoms with E-state index in [1.165, 1.54) is 12.4 Å². The molecule has 1 unspecified atom stereocenters. The van der Waals surface area contributed by atoms with Crippen molar-refractivity contribution in [1.82, 2.24) is 14.9 Å². The summed E-state index contributed by atoms with van der Waals surface area (Å²) in [6.45, 7) is 1.61. The zero-order chi connectivity index (χ0) is 14.9. The van der Waals surface area contributed by atoms with Gasteiger partial charge in [0.05, 0.1) is 11.9 Å². The highest BCUT2D eigenvalue weighted by Crippen LogP contribution is 2.26. The van der Waals surface area contributed by atoms with Gasteiger partial charge in [-0.05, 0) is 19.1 Å². The molecule has 0 spiro atoms. The first-order valence-corrected chi connectivity index (χ1v) is 7.43.